The van der Waals surface area contributed by atoms with Gasteiger partial charge in [-0.15, -0.1) is 0 Å². The Balaban J connectivity index is 2.37. The third-order valence-corrected chi connectivity index (χ3v) is 3.02. The van der Waals surface area contributed by atoms with E-state index in [0.29, 0.717) is 30.3 Å². The van der Waals surface area contributed by atoms with Crippen LogP contribution in [0.3, 0.4) is 0 Å². The molecule has 19 heavy (non-hydrogen) atoms. The Labute approximate surface area is 115 Å². The molecular formula is C11H17N3O4S. The molecule has 0 saturated carbocycles. The molecule has 7 nitrogen and oxygen atoms in total. The lowest BCUT2D eigenvalue weighted by Gasteiger charge is -2.13. The van der Waals surface area contributed by atoms with Crippen molar-refractivity contribution in [3.63, 3.8) is 0 Å². The summed E-state index contributed by atoms with van der Waals surface area (Å²) in [5, 5.41) is 15.1. The predicted molar refractivity (Wildman–Crippen MR) is 69.9 cm³/mol. The van der Waals surface area contributed by atoms with Gasteiger partial charge in [-0.2, -0.15) is 16.7 Å². The summed E-state index contributed by atoms with van der Waals surface area (Å²) < 4.78 is 4.87. The normalized spacial score (nSPS) is 12.1. The van der Waals surface area contributed by atoms with Crippen molar-refractivity contribution >= 4 is 23.6 Å². The van der Waals surface area contributed by atoms with Crippen molar-refractivity contribution in [2.24, 2.45) is 0 Å². The van der Waals surface area contributed by atoms with Crippen LogP contribution in [-0.2, 0) is 16.0 Å². The molecule has 106 valence electrons. The van der Waals surface area contributed by atoms with E-state index >= 15 is 0 Å². The van der Waals surface area contributed by atoms with Gasteiger partial charge in [-0.05, 0) is 25.4 Å². The second kappa shape index (κ2) is 7.78. The first-order chi connectivity index (χ1) is 9.02. The highest BCUT2D eigenvalue weighted by atomic mass is 32.2. The van der Waals surface area contributed by atoms with Gasteiger partial charge in [-0.25, -0.2) is 4.79 Å². The van der Waals surface area contributed by atoms with Crippen molar-refractivity contribution in [2.75, 3.05) is 12.0 Å². The molecule has 1 aromatic rings. The predicted octanol–water partition coefficient (Wildman–Crippen LogP) is 0.633. The van der Waals surface area contributed by atoms with E-state index in [1.807, 2.05) is 6.26 Å². The molecule has 1 heterocycles. The summed E-state index contributed by atoms with van der Waals surface area (Å²) >= 11 is 1.54. The Bertz CT molecular complexity index is 435. The van der Waals surface area contributed by atoms with Gasteiger partial charge in [-0.1, -0.05) is 5.16 Å². The number of carboxylic acid groups (broad SMARTS) is 1. The Morgan fingerprint density at radius 1 is 1.53 bits per heavy atom. The van der Waals surface area contributed by atoms with Gasteiger partial charge < -0.3 is 14.9 Å². The summed E-state index contributed by atoms with van der Waals surface area (Å²) in [6, 6.07) is -0.843. The summed E-state index contributed by atoms with van der Waals surface area (Å²) in [6.07, 6.45) is 2.73. The quantitative estimate of drug-likeness (QED) is 0.722. The number of nitrogens with zero attached hydrogens (tertiary/aromatic N) is 2. The van der Waals surface area contributed by atoms with Gasteiger partial charge >= 0.3 is 5.97 Å². The smallest absolute Gasteiger partial charge is 0.326 e. The van der Waals surface area contributed by atoms with Crippen LogP contribution in [-0.4, -0.2) is 45.2 Å². The van der Waals surface area contributed by atoms with Crippen LogP contribution in [0.15, 0.2) is 4.52 Å². The lowest BCUT2D eigenvalue weighted by Crippen LogP contribution is -2.41. The number of hydrogen-bond donors (Lipinski definition) is 2. The minimum Gasteiger partial charge on any atom is -0.480 e. The summed E-state index contributed by atoms with van der Waals surface area (Å²) in [5.41, 5.74) is 0. The average molecular weight is 287 g/mol. The number of nitrogens with one attached hydrogen (secondary N) is 1. The van der Waals surface area contributed by atoms with E-state index in [0.717, 1.165) is 0 Å². The number of rotatable bonds is 8. The number of aliphatic carboxylic acids is 1. The van der Waals surface area contributed by atoms with Gasteiger partial charge in [0.15, 0.2) is 5.82 Å². The van der Waals surface area contributed by atoms with Crippen LogP contribution in [0.5, 0.6) is 0 Å². The van der Waals surface area contributed by atoms with Gasteiger partial charge in [-0.3, -0.25) is 4.79 Å². The van der Waals surface area contributed by atoms with Crippen molar-refractivity contribution in [1.29, 1.82) is 0 Å². The monoisotopic (exact) mass is 287 g/mol. The van der Waals surface area contributed by atoms with Gasteiger partial charge in [0, 0.05) is 12.8 Å². The SMILES string of the molecule is CSCC[C@@H](NC(=O)CCc1nc(C)no1)C(=O)O. The van der Waals surface area contributed by atoms with E-state index in [1.165, 1.54) is 11.8 Å². The Morgan fingerprint density at radius 3 is 2.79 bits per heavy atom. The van der Waals surface area contributed by atoms with Crippen LogP contribution in [0.1, 0.15) is 24.6 Å². The number of aryl methyl sites for hydroxylation is 2. The van der Waals surface area contributed by atoms with Crippen molar-refractivity contribution in [1.82, 2.24) is 15.5 Å². The topological polar surface area (TPSA) is 105 Å². The third kappa shape index (κ3) is 5.73. The molecule has 0 unspecified atom stereocenters. The fraction of sp³-hybridized carbons (Fsp3) is 0.636. The molecule has 0 aliphatic heterocycles. The number of carboxylic acids is 1. The summed E-state index contributed by atoms with van der Waals surface area (Å²) in [4.78, 5) is 26.6. The van der Waals surface area contributed by atoms with Crippen molar-refractivity contribution in [2.45, 2.75) is 32.2 Å². The van der Waals surface area contributed by atoms with E-state index < -0.39 is 12.0 Å². The highest BCUT2D eigenvalue weighted by Crippen LogP contribution is 2.03. The molecule has 0 radical (unpaired) electrons. The molecular weight excluding hydrogens is 270 g/mol. The maximum absolute atomic E-state index is 11.6. The average Bonchev–Trinajstić information content (AvgIpc) is 2.77. The number of aromatic nitrogens is 2. The van der Waals surface area contributed by atoms with E-state index in [2.05, 4.69) is 15.5 Å². The molecule has 0 aromatic carbocycles. The van der Waals surface area contributed by atoms with E-state index in [9.17, 15) is 9.59 Å². The van der Waals surface area contributed by atoms with E-state index in [1.54, 1.807) is 6.92 Å². The first kappa shape index (κ1) is 15.5. The van der Waals surface area contributed by atoms with Crippen LogP contribution in [0, 0.1) is 6.92 Å². The Morgan fingerprint density at radius 2 is 2.26 bits per heavy atom. The second-order valence-electron chi connectivity index (χ2n) is 3.98. The molecule has 0 saturated heterocycles. The van der Waals surface area contributed by atoms with Crippen LogP contribution in [0.4, 0.5) is 0 Å². The molecule has 8 heteroatoms. The Kier molecular flexibility index (Phi) is 6.34. The summed E-state index contributed by atoms with van der Waals surface area (Å²) in [5.74, 6) is 0.225. The molecule has 1 aromatic heterocycles. The lowest BCUT2D eigenvalue weighted by atomic mass is 10.2. The van der Waals surface area contributed by atoms with Crippen LogP contribution < -0.4 is 5.32 Å². The van der Waals surface area contributed by atoms with Gasteiger partial charge in [0.25, 0.3) is 0 Å². The zero-order valence-electron chi connectivity index (χ0n) is 10.9. The zero-order chi connectivity index (χ0) is 14.3. The highest BCUT2D eigenvalue weighted by molar-refractivity contribution is 7.98. The molecule has 0 aliphatic rings. The van der Waals surface area contributed by atoms with Gasteiger partial charge in [0.1, 0.15) is 6.04 Å². The first-order valence-corrected chi connectivity index (χ1v) is 7.22. The molecule has 1 atom stereocenters. The van der Waals surface area contributed by atoms with Gasteiger partial charge in [0.05, 0.1) is 0 Å². The number of carbonyl (C=O) groups is 2. The molecule has 1 amide bonds. The fourth-order valence-corrected chi connectivity index (χ4v) is 1.89. The van der Waals surface area contributed by atoms with Crippen LogP contribution in [0.25, 0.3) is 0 Å². The fourth-order valence-electron chi connectivity index (χ4n) is 1.42. The van der Waals surface area contributed by atoms with Crippen molar-refractivity contribution < 1.29 is 19.2 Å². The molecule has 0 bridgehead atoms. The minimum absolute atomic E-state index is 0.130. The summed E-state index contributed by atoms with van der Waals surface area (Å²) in [7, 11) is 0. The van der Waals surface area contributed by atoms with Crippen molar-refractivity contribution in [3.8, 4) is 0 Å². The maximum Gasteiger partial charge on any atom is 0.326 e. The standard InChI is InChI=1S/C11H17N3O4S/c1-7-12-10(18-14-7)4-3-9(15)13-8(11(16)17)5-6-19-2/h8H,3-6H2,1-2H3,(H,13,15)(H,16,17)/t8-/m1/s1. The molecule has 0 aliphatic carbocycles. The van der Waals surface area contributed by atoms with Crippen molar-refractivity contribution in [3.05, 3.63) is 11.7 Å². The molecule has 1 rings (SSSR count). The molecule has 0 fully saturated rings. The van der Waals surface area contributed by atoms with Crippen LogP contribution >= 0.6 is 11.8 Å². The van der Waals surface area contributed by atoms with E-state index in [-0.39, 0.29) is 12.3 Å². The number of carbonyl (C=O) groups excluding carboxylic acids is 1. The lowest BCUT2D eigenvalue weighted by molar-refractivity contribution is -0.141. The zero-order valence-corrected chi connectivity index (χ0v) is 11.7. The number of thioether (sulfide) groups is 1. The largest absolute Gasteiger partial charge is 0.480 e. The molecule has 0 spiro atoms. The van der Waals surface area contributed by atoms with Gasteiger partial charge in [0.2, 0.25) is 11.8 Å². The highest BCUT2D eigenvalue weighted by Gasteiger charge is 2.19. The van der Waals surface area contributed by atoms with E-state index in [4.69, 9.17) is 9.63 Å². The summed E-state index contributed by atoms with van der Waals surface area (Å²) in [6.45, 7) is 1.69. The molecule has 2 N–H and O–H groups in total. The number of hydrogen-bond acceptors (Lipinski definition) is 6. The first-order valence-electron chi connectivity index (χ1n) is 5.83. The Hall–Kier alpha value is -1.57. The third-order valence-electron chi connectivity index (χ3n) is 2.38. The number of amides is 1. The van der Waals surface area contributed by atoms with Crippen LogP contribution in [0.2, 0.25) is 0 Å². The second-order valence-corrected chi connectivity index (χ2v) is 4.96. The minimum atomic E-state index is -1.02. The maximum atomic E-state index is 11.6.